The van der Waals surface area contributed by atoms with Gasteiger partial charge in [0.25, 0.3) is 0 Å². The molecular formula is C23H33N5O2. The van der Waals surface area contributed by atoms with E-state index in [9.17, 15) is 9.59 Å². The summed E-state index contributed by atoms with van der Waals surface area (Å²) >= 11 is 0. The zero-order chi connectivity index (χ0) is 21.2. The number of rotatable bonds is 7. The highest BCUT2D eigenvalue weighted by atomic mass is 16.2. The summed E-state index contributed by atoms with van der Waals surface area (Å²) in [7, 11) is 0. The van der Waals surface area contributed by atoms with Gasteiger partial charge in [-0.25, -0.2) is 0 Å². The maximum atomic E-state index is 11.9. The Morgan fingerprint density at radius 1 is 1.07 bits per heavy atom. The maximum absolute atomic E-state index is 11.9. The lowest BCUT2D eigenvalue weighted by atomic mass is 10.1. The molecule has 0 bridgehead atoms. The number of imide groups is 1. The summed E-state index contributed by atoms with van der Waals surface area (Å²) in [5.74, 6) is 0.737. The summed E-state index contributed by atoms with van der Waals surface area (Å²) in [4.78, 5) is 34.6. The van der Waals surface area contributed by atoms with E-state index in [0.29, 0.717) is 32.4 Å². The van der Waals surface area contributed by atoms with Crippen molar-refractivity contribution < 1.29 is 9.59 Å². The Labute approximate surface area is 179 Å². The molecule has 7 nitrogen and oxygen atoms in total. The van der Waals surface area contributed by atoms with Gasteiger partial charge in [-0.1, -0.05) is 42.5 Å². The van der Waals surface area contributed by atoms with Crippen LogP contribution < -0.4 is 5.32 Å². The first-order chi connectivity index (χ1) is 14.7. The molecule has 2 aliphatic rings. The lowest BCUT2D eigenvalue weighted by Crippen LogP contribution is -2.52. The molecule has 0 aromatic heterocycles. The van der Waals surface area contributed by atoms with Crippen LogP contribution in [0, 0.1) is 0 Å². The van der Waals surface area contributed by atoms with E-state index in [-0.39, 0.29) is 11.8 Å². The normalized spacial score (nSPS) is 19.0. The monoisotopic (exact) mass is 411 g/mol. The van der Waals surface area contributed by atoms with Gasteiger partial charge in [-0.2, -0.15) is 0 Å². The van der Waals surface area contributed by atoms with E-state index in [4.69, 9.17) is 0 Å². The summed E-state index contributed by atoms with van der Waals surface area (Å²) in [5, 5.41) is 3.35. The fourth-order valence-electron chi connectivity index (χ4n) is 3.78. The van der Waals surface area contributed by atoms with Gasteiger partial charge in [0.1, 0.15) is 0 Å². The number of hydrogen-bond donors (Lipinski definition) is 1. The number of likely N-dealkylation sites (tertiary alicyclic amines) is 1. The van der Waals surface area contributed by atoms with E-state index in [1.54, 1.807) is 0 Å². The number of piperidine rings is 1. The second kappa shape index (κ2) is 11.5. The highest BCUT2D eigenvalue weighted by Crippen LogP contribution is 2.11. The summed E-state index contributed by atoms with van der Waals surface area (Å²) in [5.41, 5.74) is 1.23. The van der Waals surface area contributed by atoms with Crippen LogP contribution in [0.25, 0.3) is 6.08 Å². The molecule has 3 rings (SSSR count). The van der Waals surface area contributed by atoms with Crippen LogP contribution in [-0.2, 0) is 9.59 Å². The van der Waals surface area contributed by atoms with Gasteiger partial charge in [0.15, 0.2) is 5.96 Å². The van der Waals surface area contributed by atoms with Crippen molar-refractivity contribution in [2.45, 2.75) is 26.2 Å². The van der Waals surface area contributed by atoms with E-state index >= 15 is 0 Å². The molecular weight excluding hydrogens is 378 g/mol. The van der Waals surface area contributed by atoms with Crippen LogP contribution in [0.2, 0.25) is 0 Å². The molecule has 1 aromatic carbocycles. The summed E-state index contributed by atoms with van der Waals surface area (Å²) in [6.07, 6.45) is 6.00. The highest BCUT2D eigenvalue weighted by Gasteiger charge is 2.25. The van der Waals surface area contributed by atoms with E-state index < -0.39 is 0 Å². The van der Waals surface area contributed by atoms with Crippen LogP contribution in [0.5, 0.6) is 0 Å². The van der Waals surface area contributed by atoms with Gasteiger partial charge in [-0.3, -0.25) is 24.4 Å². The number of nitrogens with one attached hydrogen (secondary N) is 1. The van der Waals surface area contributed by atoms with Crippen LogP contribution in [0.1, 0.15) is 31.7 Å². The summed E-state index contributed by atoms with van der Waals surface area (Å²) < 4.78 is 0. The van der Waals surface area contributed by atoms with E-state index in [0.717, 1.165) is 45.2 Å². The van der Waals surface area contributed by atoms with Crippen molar-refractivity contribution in [3.63, 3.8) is 0 Å². The van der Waals surface area contributed by atoms with E-state index in [1.165, 1.54) is 10.5 Å². The molecule has 0 saturated carbocycles. The molecule has 1 aromatic rings. The lowest BCUT2D eigenvalue weighted by molar-refractivity contribution is -0.147. The number of hydrogen-bond acceptors (Lipinski definition) is 4. The van der Waals surface area contributed by atoms with Crippen molar-refractivity contribution in [3.05, 3.63) is 42.0 Å². The van der Waals surface area contributed by atoms with Gasteiger partial charge in [-0.15, -0.1) is 0 Å². The Bertz CT molecular complexity index is 738. The third-order valence-corrected chi connectivity index (χ3v) is 5.45. The van der Waals surface area contributed by atoms with E-state index in [1.807, 2.05) is 6.07 Å². The average Bonchev–Trinajstić information content (AvgIpc) is 2.76. The minimum atomic E-state index is -0.0661. The largest absolute Gasteiger partial charge is 0.357 e. The lowest BCUT2D eigenvalue weighted by Gasteiger charge is -2.36. The van der Waals surface area contributed by atoms with Crippen LogP contribution in [0.4, 0.5) is 0 Å². The van der Waals surface area contributed by atoms with Gasteiger partial charge >= 0.3 is 0 Å². The third-order valence-electron chi connectivity index (χ3n) is 5.45. The minimum Gasteiger partial charge on any atom is -0.357 e. The topological polar surface area (TPSA) is 68.2 Å². The van der Waals surface area contributed by atoms with Crippen LogP contribution >= 0.6 is 0 Å². The predicted molar refractivity (Wildman–Crippen MR) is 120 cm³/mol. The first kappa shape index (κ1) is 22.0. The molecule has 0 unspecified atom stereocenters. The second-order valence-corrected chi connectivity index (χ2v) is 7.63. The molecule has 0 spiro atoms. The Kier molecular flexibility index (Phi) is 8.44. The smallest absolute Gasteiger partial charge is 0.229 e. The highest BCUT2D eigenvalue weighted by molar-refractivity contribution is 5.97. The third kappa shape index (κ3) is 6.42. The van der Waals surface area contributed by atoms with E-state index in [2.05, 4.69) is 63.5 Å². The first-order valence-corrected chi connectivity index (χ1v) is 11.0. The molecule has 2 saturated heterocycles. The Balaban J connectivity index is 1.46. The standard InChI is InChI=1S/C23H33N5O2/c1-2-24-23(25-13-15-28-21(29)11-6-12-22(28)30)27-18-16-26(17-19-27)14-7-10-20-8-4-3-5-9-20/h3-5,7-10H,2,6,11-19H2,1H3,(H,24,25)/b10-7+. The van der Waals surface area contributed by atoms with Gasteiger partial charge in [-0.05, 0) is 18.9 Å². The molecule has 0 radical (unpaired) electrons. The Hall–Kier alpha value is -2.67. The summed E-state index contributed by atoms with van der Waals surface area (Å²) in [6.45, 7) is 8.38. The second-order valence-electron chi connectivity index (χ2n) is 7.63. The zero-order valence-corrected chi connectivity index (χ0v) is 17.9. The number of guanidine groups is 1. The number of benzene rings is 1. The number of nitrogens with zero attached hydrogens (tertiary/aromatic N) is 4. The molecule has 0 aliphatic carbocycles. The van der Waals surface area contributed by atoms with Crippen molar-refractivity contribution in [1.29, 1.82) is 0 Å². The van der Waals surface area contributed by atoms with Gasteiger partial charge in [0.05, 0.1) is 6.54 Å². The Morgan fingerprint density at radius 2 is 1.77 bits per heavy atom. The van der Waals surface area contributed by atoms with Gasteiger partial charge in [0.2, 0.25) is 11.8 Å². The van der Waals surface area contributed by atoms with Gasteiger partial charge in [0, 0.05) is 58.7 Å². The fraction of sp³-hybridized carbons (Fsp3) is 0.522. The number of carbonyl (C=O) groups excluding carboxylic acids is 2. The molecule has 2 aliphatic heterocycles. The molecule has 162 valence electrons. The zero-order valence-electron chi connectivity index (χ0n) is 17.9. The Morgan fingerprint density at radius 3 is 2.43 bits per heavy atom. The number of piperazine rings is 1. The molecule has 7 heteroatoms. The number of amides is 2. The average molecular weight is 412 g/mol. The molecule has 1 N–H and O–H groups in total. The van der Waals surface area contributed by atoms with Gasteiger partial charge < -0.3 is 10.2 Å². The number of carbonyl (C=O) groups is 2. The maximum Gasteiger partial charge on any atom is 0.229 e. The SMILES string of the molecule is CCNC(=NCCN1C(=O)CCCC1=O)N1CCN(C/C=C/c2ccccc2)CC1. The summed E-state index contributed by atoms with van der Waals surface area (Å²) in [6, 6.07) is 10.4. The molecule has 2 heterocycles. The molecule has 0 atom stereocenters. The van der Waals surface area contributed by atoms with Crippen molar-refractivity contribution in [2.75, 3.05) is 52.4 Å². The van der Waals surface area contributed by atoms with Crippen molar-refractivity contribution in [1.82, 2.24) is 20.0 Å². The quantitative estimate of drug-likeness (QED) is 0.421. The number of aliphatic imine (C=N–C) groups is 1. The fourth-order valence-corrected chi connectivity index (χ4v) is 3.78. The molecule has 2 fully saturated rings. The van der Waals surface area contributed by atoms with Crippen LogP contribution in [0.15, 0.2) is 41.4 Å². The van der Waals surface area contributed by atoms with Crippen molar-refractivity contribution in [3.8, 4) is 0 Å². The first-order valence-electron chi connectivity index (χ1n) is 11.0. The predicted octanol–water partition coefficient (Wildman–Crippen LogP) is 1.82. The van der Waals surface area contributed by atoms with Crippen LogP contribution in [0.3, 0.4) is 0 Å². The molecule has 30 heavy (non-hydrogen) atoms. The minimum absolute atomic E-state index is 0.0661. The van der Waals surface area contributed by atoms with Crippen molar-refractivity contribution in [2.24, 2.45) is 4.99 Å². The van der Waals surface area contributed by atoms with Crippen LogP contribution in [-0.4, -0.2) is 84.8 Å². The molecule has 2 amide bonds. The van der Waals surface area contributed by atoms with Crippen molar-refractivity contribution >= 4 is 23.8 Å².